The van der Waals surface area contributed by atoms with Crippen LogP contribution in [0, 0.1) is 10.8 Å². The van der Waals surface area contributed by atoms with E-state index in [2.05, 4.69) is 0 Å². The average molecular weight is 248 g/mol. The Morgan fingerprint density at radius 2 is 0.944 bits per heavy atom. The van der Waals surface area contributed by atoms with Gasteiger partial charge in [-0.15, -0.1) is 0 Å². The Balaban J connectivity index is 1.74. The summed E-state index contributed by atoms with van der Waals surface area (Å²) in [5, 5.41) is 0. The van der Waals surface area contributed by atoms with E-state index in [0.29, 0.717) is 16.6 Å². The lowest BCUT2D eigenvalue weighted by atomic mass is 9.66. The zero-order valence-corrected chi connectivity index (χ0v) is 11.8. The monoisotopic (exact) mass is 248 g/mol. The van der Waals surface area contributed by atoms with Gasteiger partial charge < -0.3 is 0 Å². The van der Waals surface area contributed by atoms with Crippen LogP contribution in [0.15, 0.2) is 0 Å². The molecule has 0 aromatic carbocycles. The maximum Gasteiger partial charge on any atom is 0.134 e. The van der Waals surface area contributed by atoms with Gasteiger partial charge in [-0.25, -0.2) is 0 Å². The first-order chi connectivity index (χ1) is 8.72. The van der Waals surface area contributed by atoms with E-state index in [1.165, 1.54) is 77.0 Å². The standard InChI is InChI=1S/C17H28O/c18-15-13-16(7-3-1-4-8-16)11-12-17(14-15)9-5-2-6-10-17/h1-14H2. The van der Waals surface area contributed by atoms with Crippen LogP contribution in [0.4, 0.5) is 0 Å². The van der Waals surface area contributed by atoms with Gasteiger partial charge in [0.15, 0.2) is 0 Å². The molecule has 3 rings (SSSR count). The first-order valence-corrected chi connectivity index (χ1v) is 8.24. The Morgan fingerprint density at radius 1 is 0.556 bits per heavy atom. The Bertz CT molecular complexity index is 276. The molecule has 0 heterocycles. The molecule has 1 heteroatoms. The zero-order chi connectivity index (χ0) is 12.5. The van der Waals surface area contributed by atoms with Gasteiger partial charge in [-0.1, -0.05) is 38.5 Å². The van der Waals surface area contributed by atoms with Gasteiger partial charge in [0.05, 0.1) is 0 Å². The molecule has 18 heavy (non-hydrogen) atoms. The highest BCUT2D eigenvalue weighted by Crippen LogP contribution is 2.53. The highest BCUT2D eigenvalue weighted by Gasteiger charge is 2.43. The van der Waals surface area contributed by atoms with Crippen LogP contribution in [-0.2, 0) is 4.79 Å². The van der Waals surface area contributed by atoms with Crippen LogP contribution in [0.5, 0.6) is 0 Å². The predicted molar refractivity (Wildman–Crippen MR) is 74.5 cm³/mol. The molecule has 3 aliphatic rings. The van der Waals surface area contributed by atoms with Crippen LogP contribution in [0.3, 0.4) is 0 Å². The molecule has 0 amide bonds. The molecule has 0 aromatic rings. The lowest BCUT2D eigenvalue weighted by molar-refractivity contribution is -0.123. The molecule has 1 nitrogen and oxygen atoms in total. The van der Waals surface area contributed by atoms with Gasteiger partial charge in [-0.3, -0.25) is 4.79 Å². The zero-order valence-electron chi connectivity index (χ0n) is 11.8. The fraction of sp³-hybridized carbons (Fsp3) is 0.941. The summed E-state index contributed by atoms with van der Waals surface area (Å²) in [6, 6.07) is 0. The van der Waals surface area contributed by atoms with Crippen LogP contribution in [0.25, 0.3) is 0 Å². The van der Waals surface area contributed by atoms with E-state index < -0.39 is 0 Å². The Morgan fingerprint density at radius 3 is 1.33 bits per heavy atom. The molecule has 0 atom stereocenters. The summed E-state index contributed by atoms with van der Waals surface area (Å²) in [6.45, 7) is 0. The minimum atomic E-state index is 0.441. The second-order valence-corrected chi connectivity index (χ2v) is 7.51. The molecule has 102 valence electrons. The minimum Gasteiger partial charge on any atom is -0.300 e. The molecule has 0 saturated heterocycles. The topological polar surface area (TPSA) is 17.1 Å². The molecule has 0 radical (unpaired) electrons. The van der Waals surface area contributed by atoms with E-state index in [1.807, 2.05) is 0 Å². The third-order valence-electron chi connectivity index (χ3n) is 6.16. The molecule has 0 aromatic heterocycles. The molecule has 2 spiro atoms. The molecular weight excluding hydrogens is 220 g/mol. The molecule has 3 fully saturated rings. The average Bonchev–Trinajstić information content (AvgIpc) is 2.50. The van der Waals surface area contributed by atoms with Gasteiger partial charge in [0, 0.05) is 12.8 Å². The second kappa shape index (κ2) is 4.98. The summed E-state index contributed by atoms with van der Waals surface area (Å²) >= 11 is 0. The number of carbonyl (C=O) groups excluding carboxylic acids is 1. The van der Waals surface area contributed by atoms with Crippen LogP contribution in [-0.4, -0.2) is 5.78 Å². The quantitative estimate of drug-likeness (QED) is 0.587. The number of ketones is 1. The molecule has 3 aliphatic carbocycles. The lowest BCUT2D eigenvalue weighted by Crippen LogP contribution is -2.26. The SMILES string of the molecule is O=C1CC2(CCCCC2)CCC2(CCCCC2)C1. The van der Waals surface area contributed by atoms with Crippen LogP contribution >= 0.6 is 0 Å². The van der Waals surface area contributed by atoms with Crippen LogP contribution < -0.4 is 0 Å². The van der Waals surface area contributed by atoms with Crippen molar-refractivity contribution in [1.82, 2.24) is 0 Å². The highest BCUT2D eigenvalue weighted by atomic mass is 16.1. The van der Waals surface area contributed by atoms with Crippen LogP contribution in [0.2, 0.25) is 0 Å². The molecule has 0 aliphatic heterocycles. The largest absolute Gasteiger partial charge is 0.300 e. The summed E-state index contributed by atoms with van der Waals surface area (Å²) in [4.78, 5) is 12.4. The van der Waals surface area contributed by atoms with E-state index in [4.69, 9.17) is 0 Å². The minimum absolute atomic E-state index is 0.441. The summed E-state index contributed by atoms with van der Waals surface area (Å²) in [5.74, 6) is 0.608. The van der Waals surface area contributed by atoms with Crippen molar-refractivity contribution in [3.63, 3.8) is 0 Å². The summed E-state index contributed by atoms with van der Waals surface area (Å²) in [7, 11) is 0. The highest BCUT2D eigenvalue weighted by molar-refractivity contribution is 5.80. The molecule has 3 saturated carbocycles. The second-order valence-electron chi connectivity index (χ2n) is 7.51. The smallest absolute Gasteiger partial charge is 0.134 e. The van der Waals surface area contributed by atoms with E-state index in [9.17, 15) is 4.79 Å². The van der Waals surface area contributed by atoms with Crippen LogP contribution in [0.1, 0.15) is 89.9 Å². The number of Topliss-reactive ketones (excluding diaryl/α,β-unsaturated/α-hetero) is 1. The van der Waals surface area contributed by atoms with Gasteiger partial charge in [-0.05, 0) is 49.4 Å². The van der Waals surface area contributed by atoms with Crippen molar-refractivity contribution >= 4 is 5.78 Å². The molecule has 0 bridgehead atoms. The van der Waals surface area contributed by atoms with E-state index in [0.717, 1.165) is 12.8 Å². The normalized spacial score (nSPS) is 31.4. The first kappa shape index (κ1) is 12.7. The predicted octanol–water partition coefficient (Wildman–Crippen LogP) is 5.03. The van der Waals surface area contributed by atoms with E-state index in [1.54, 1.807) is 0 Å². The Kier molecular flexibility index (Phi) is 3.51. The van der Waals surface area contributed by atoms with Crippen molar-refractivity contribution in [2.75, 3.05) is 0 Å². The van der Waals surface area contributed by atoms with Gasteiger partial charge in [0.25, 0.3) is 0 Å². The Labute approximate surface area is 112 Å². The van der Waals surface area contributed by atoms with Crippen molar-refractivity contribution < 1.29 is 4.79 Å². The third-order valence-corrected chi connectivity index (χ3v) is 6.16. The maximum atomic E-state index is 12.4. The maximum absolute atomic E-state index is 12.4. The molecule has 0 unspecified atom stereocenters. The number of carbonyl (C=O) groups is 1. The Hall–Kier alpha value is -0.330. The van der Waals surface area contributed by atoms with Crippen molar-refractivity contribution in [2.24, 2.45) is 10.8 Å². The van der Waals surface area contributed by atoms with Crippen molar-refractivity contribution in [2.45, 2.75) is 89.9 Å². The fourth-order valence-corrected chi connectivity index (χ4v) is 5.06. The number of rotatable bonds is 0. The van der Waals surface area contributed by atoms with Gasteiger partial charge in [0.2, 0.25) is 0 Å². The van der Waals surface area contributed by atoms with Crippen molar-refractivity contribution in [3.8, 4) is 0 Å². The number of hydrogen-bond acceptors (Lipinski definition) is 1. The van der Waals surface area contributed by atoms with Gasteiger partial charge >= 0.3 is 0 Å². The van der Waals surface area contributed by atoms with E-state index >= 15 is 0 Å². The third kappa shape index (κ3) is 2.51. The first-order valence-electron chi connectivity index (χ1n) is 8.24. The summed E-state index contributed by atoms with van der Waals surface area (Å²) in [5.41, 5.74) is 0.882. The van der Waals surface area contributed by atoms with E-state index in [-0.39, 0.29) is 0 Å². The molecule has 0 N–H and O–H groups in total. The van der Waals surface area contributed by atoms with Gasteiger partial charge in [0.1, 0.15) is 5.78 Å². The summed E-state index contributed by atoms with van der Waals surface area (Å²) in [6.07, 6.45) is 18.2. The lowest BCUT2D eigenvalue weighted by Gasteiger charge is -2.39. The van der Waals surface area contributed by atoms with Crippen molar-refractivity contribution in [1.29, 1.82) is 0 Å². The number of hydrogen-bond donors (Lipinski definition) is 0. The van der Waals surface area contributed by atoms with Gasteiger partial charge in [-0.2, -0.15) is 0 Å². The van der Waals surface area contributed by atoms with Crippen molar-refractivity contribution in [3.05, 3.63) is 0 Å². The fourth-order valence-electron chi connectivity index (χ4n) is 5.06. The molecular formula is C17H28O. The summed E-state index contributed by atoms with van der Waals surface area (Å²) < 4.78 is 0.